The summed E-state index contributed by atoms with van der Waals surface area (Å²) >= 11 is 0. The number of aromatic nitrogens is 2. The number of benzene rings is 1. The lowest BCUT2D eigenvalue weighted by molar-refractivity contribution is 0.375. The van der Waals surface area contributed by atoms with Crippen LogP contribution in [-0.4, -0.2) is 15.3 Å². The summed E-state index contributed by atoms with van der Waals surface area (Å²) in [5.41, 5.74) is 1.58. The molecule has 6 heteroatoms. The maximum Gasteiger partial charge on any atom is 0.306 e. The quantitative estimate of drug-likeness (QED) is 0.798. The van der Waals surface area contributed by atoms with Crippen molar-refractivity contribution in [2.24, 2.45) is 10.9 Å². The van der Waals surface area contributed by atoms with Gasteiger partial charge in [-0.05, 0) is 37.3 Å². The van der Waals surface area contributed by atoms with E-state index < -0.39 is 5.82 Å². The summed E-state index contributed by atoms with van der Waals surface area (Å²) in [6.45, 7) is 2.45. The Labute approximate surface area is 151 Å². The molecule has 0 unspecified atom stereocenters. The van der Waals surface area contributed by atoms with Crippen LogP contribution in [0.25, 0.3) is 0 Å². The van der Waals surface area contributed by atoms with Gasteiger partial charge in [-0.3, -0.25) is 9.36 Å². The molecule has 0 N–H and O–H groups in total. The molecule has 0 bridgehead atoms. The third kappa shape index (κ3) is 3.04. The number of hydrogen-bond donors (Lipinski definition) is 0. The summed E-state index contributed by atoms with van der Waals surface area (Å²) in [5, 5.41) is 0. The van der Waals surface area contributed by atoms with Crippen LogP contribution in [0.3, 0.4) is 0 Å². The van der Waals surface area contributed by atoms with E-state index in [0.29, 0.717) is 30.3 Å². The van der Waals surface area contributed by atoms with Crippen molar-refractivity contribution < 1.29 is 9.13 Å². The third-order valence-corrected chi connectivity index (χ3v) is 5.12. The van der Waals surface area contributed by atoms with Crippen molar-refractivity contribution in [3.05, 3.63) is 46.0 Å². The third-order valence-electron chi connectivity index (χ3n) is 5.12. The lowest BCUT2D eigenvalue weighted by Gasteiger charge is -2.13. The van der Waals surface area contributed by atoms with E-state index in [9.17, 15) is 9.18 Å². The molecule has 26 heavy (non-hydrogen) atoms. The van der Waals surface area contributed by atoms with Crippen LogP contribution in [0.4, 0.5) is 10.2 Å². The van der Waals surface area contributed by atoms with Crippen molar-refractivity contribution in [1.29, 1.82) is 0 Å². The van der Waals surface area contributed by atoms with Crippen molar-refractivity contribution in [3.8, 4) is 11.8 Å². The van der Waals surface area contributed by atoms with Gasteiger partial charge in [-0.1, -0.05) is 31.9 Å². The molecule has 1 aliphatic heterocycles. The summed E-state index contributed by atoms with van der Waals surface area (Å²) in [5.74, 6) is 0.470. The fourth-order valence-electron chi connectivity index (χ4n) is 3.79. The fraction of sp³-hybridized carbons (Fsp3) is 0.450. The lowest BCUT2D eigenvalue weighted by Crippen LogP contribution is -2.26. The van der Waals surface area contributed by atoms with Gasteiger partial charge in [0.15, 0.2) is 17.4 Å². The summed E-state index contributed by atoms with van der Waals surface area (Å²) in [7, 11) is 0. The second-order valence-corrected chi connectivity index (χ2v) is 6.95. The van der Waals surface area contributed by atoms with Crippen LogP contribution in [0.2, 0.25) is 0 Å². The summed E-state index contributed by atoms with van der Waals surface area (Å²) in [6.07, 6.45) is 6.04. The average molecular weight is 355 g/mol. The Balaban J connectivity index is 1.74. The summed E-state index contributed by atoms with van der Waals surface area (Å²) < 4.78 is 21.1. The molecule has 0 radical (unpaired) electrons. The van der Waals surface area contributed by atoms with Gasteiger partial charge >= 0.3 is 6.01 Å². The molecular weight excluding hydrogens is 333 g/mol. The Bertz CT molecular complexity index is 914. The first-order valence-electron chi connectivity index (χ1n) is 9.31. The Hall–Kier alpha value is -2.50. The minimum Gasteiger partial charge on any atom is -0.422 e. The van der Waals surface area contributed by atoms with Crippen molar-refractivity contribution in [3.63, 3.8) is 0 Å². The Kier molecular flexibility index (Phi) is 4.57. The Morgan fingerprint density at radius 1 is 1.27 bits per heavy atom. The predicted molar refractivity (Wildman–Crippen MR) is 98.0 cm³/mol. The van der Waals surface area contributed by atoms with Gasteiger partial charge < -0.3 is 4.74 Å². The van der Waals surface area contributed by atoms with E-state index in [1.807, 2.05) is 6.92 Å². The Morgan fingerprint density at radius 2 is 2.04 bits per heavy atom. The minimum atomic E-state index is -0.486. The van der Waals surface area contributed by atoms with E-state index in [2.05, 4.69) is 9.98 Å². The monoisotopic (exact) mass is 355 g/mol. The van der Waals surface area contributed by atoms with Crippen LogP contribution in [0, 0.1) is 11.7 Å². The zero-order valence-corrected chi connectivity index (χ0v) is 14.9. The Morgan fingerprint density at radius 3 is 2.77 bits per heavy atom. The molecule has 1 aromatic heterocycles. The molecular formula is C20H22FN3O2. The van der Waals surface area contributed by atoms with E-state index in [1.54, 1.807) is 12.1 Å². The molecule has 2 aromatic rings. The van der Waals surface area contributed by atoms with Crippen molar-refractivity contribution in [1.82, 2.24) is 9.55 Å². The van der Waals surface area contributed by atoms with E-state index in [1.165, 1.54) is 29.5 Å². The highest BCUT2D eigenvalue weighted by Crippen LogP contribution is 2.34. The van der Waals surface area contributed by atoms with E-state index in [-0.39, 0.29) is 17.3 Å². The van der Waals surface area contributed by atoms with E-state index >= 15 is 0 Å². The van der Waals surface area contributed by atoms with Gasteiger partial charge in [-0.25, -0.2) is 9.38 Å². The standard InChI is InChI=1S/C20H22FN3O2/c1-2-11-24-19(25)14-12-16(13-7-3-4-8-13)22-18(14)23-20(24)26-17-10-6-5-9-15(17)21/h5-6,9-10,13H,2-4,7-8,11-12H2,1H3. The second-order valence-electron chi connectivity index (χ2n) is 6.95. The number of aliphatic imine (C=N–C) groups is 1. The van der Waals surface area contributed by atoms with Gasteiger partial charge in [-0.15, -0.1) is 0 Å². The molecule has 5 nitrogen and oxygen atoms in total. The van der Waals surface area contributed by atoms with E-state index in [0.717, 1.165) is 25.0 Å². The second kappa shape index (κ2) is 7.02. The number of para-hydroxylation sites is 1. The molecule has 0 amide bonds. The van der Waals surface area contributed by atoms with Crippen LogP contribution in [0.5, 0.6) is 11.8 Å². The number of nitrogens with zero attached hydrogens (tertiary/aromatic N) is 3. The summed E-state index contributed by atoms with van der Waals surface area (Å²) in [6, 6.07) is 6.23. The molecule has 0 atom stereocenters. The smallest absolute Gasteiger partial charge is 0.306 e. The van der Waals surface area contributed by atoms with Crippen molar-refractivity contribution in [2.75, 3.05) is 0 Å². The van der Waals surface area contributed by atoms with Gasteiger partial charge in [0.05, 0.1) is 5.56 Å². The van der Waals surface area contributed by atoms with Crippen molar-refractivity contribution in [2.45, 2.75) is 52.0 Å². The highest BCUT2D eigenvalue weighted by Gasteiger charge is 2.29. The van der Waals surface area contributed by atoms with Crippen LogP contribution in [0.15, 0.2) is 34.1 Å². The SMILES string of the molecule is CCCn1c(Oc2ccccc2F)nc2c(c1=O)CC(C1CCCC1)=N2. The zero-order chi connectivity index (χ0) is 18.1. The first kappa shape index (κ1) is 16.9. The molecule has 1 fully saturated rings. The molecule has 2 heterocycles. The lowest BCUT2D eigenvalue weighted by atomic mass is 9.98. The number of rotatable bonds is 5. The minimum absolute atomic E-state index is 0.0576. The molecule has 0 spiro atoms. The molecule has 1 aromatic carbocycles. The molecule has 4 rings (SSSR count). The largest absolute Gasteiger partial charge is 0.422 e. The molecule has 1 saturated carbocycles. The van der Waals surface area contributed by atoms with Gasteiger partial charge in [0.25, 0.3) is 5.56 Å². The number of fused-ring (bicyclic) bond motifs is 1. The van der Waals surface area contributed by atoms with Gasteiger partial charge in [0, 0.05) is 18.7 Å². The van der Waals surface area contributed by atoms with E-state index in [4.69, 9.17) is 4.74 Å². The normalized spacial score (nSPS) is 16.6. The number of halogens is 1. The molecule has 2 aliphatic rings. The van der Waals surface area contributed by atoms with Gasteiger partial charge in [0.2, 0.25) is 0 Å². The van der Waals surface area contributed by atoms with Gasteiger partial charge in [-0.2, -0.15) is 4.98 Å². The average Bonchev–Trinajstić information content (AvgIpc) is 3.29. The maximum absolute atomic E-state index is 14.0. The van der Waals surface area contributed by atoms with Crippen LogP contribution in [0.1, 0.15) is 44.6 Å². The zero-order valence-electron chi connectivity index (χ0n) is 14.9. The maximum atomic E-state index is 14.0. The molecule has 0 saturated heterocycles. The number of ether oxygens (including phenoxy) is 1. The number of hydrogen-bond acceptors (Lipinski definition) is 4. The van der Waals surface area contributed by atoms with Crippen LogP contribution < -0.4 is 10.3 Å². The topological polar surface area (TPSA) is 56.5 Å². The van der Waals surface area contributed by atoms with Crippen LogP contribution in [-0.2, 0) is 13.0 Å². The van der Waals surface area contributed by atoms with Crippen molar-refractivity contribution >= 4 is 11.5 Å². The first-order chi connectivity index (χ1) is 12.7. The van der Waals surface area contributed by atoms with Gasteiger partial charge in [0.1, 0.15) is 0 Å². The fourth-order valence-corrected chi connectivity index (χ4v) is 3.79. The summed E-state index contributed by atoms with van der Waals surface area (Å²) in [4.78, 5) is 22.1. The first-order valence-corrected chi connectivity index (χ1v) is 9.31. The molecule has 136 valence electrons. The highest BCUT2D eigenvalue weighted by atomic mass is 19.1. The highest BCUT2D eigenvalue weighted by molar-refractivity contribution is 5.95. The molecule has 1 aliphatic carbocycles. The predicted octanol–water partition coefficient (Wildman–Crippen LogP) is 4.40. The van der Waals surface area contributed by atoms with Crippen LogP contribution >= 0.6 is 0 Å².